The van der Waals surface area contributed by atoms with Crippen LogP contribution in [0.3, 0.4) is 0 Å². The molecular weight excluding hydrogens is 1250 g/mol. The van der Waals surface area contributed by atoms with Crippen LogP contribution in [0.2, 0.25) is 0 Å². The van der Waals surface area contributed by atoms with Gasteiger partial charge in [-0.05, 0) is 49.4 Å². The van der Waals surface area contributed by atoms with Crippen LogP contribution in [0, 0.1) is 23.7 Å². The fraction of sp³-hybridized carbons (Fsp3) is 0.947. The molecule has 0 saturated carbocycles. The molecule has 5 atom stereocenters. The Morgan fingerprint density at radius 2 is 0.442 bits per heavy atom. The molecule has 95 heavy (non-hydrogen) atoms. The van der Waals surface area contributed by atoms with Crippen molar-refractivity contribution >= 4 is 39.5 Å². The van der Waals surface area contributed by atoms with Crippen LogP contribution in [0.15, 0.2) is 0 Å². The normalized spacial score (nSPS) is 14.1. The van der Waals surface area contributed by atoms with Gasteiger partial charge in [0.25, 0.3) is 0 Å². The van der Waals surface area contributed by atoms with E-state index in [0.717, 1.165) is 114 Å². The third kappa shape index (κ3) is 70.3. The van der Waals surface area contributed by atoms with Crippen molar-refractivity contribution < 1.29 is 80.2 Å². The van der Waals surface area contributed by atoms with Crippen molar-refractivity contribution in [3.8, 4) is 0 Å². The van der Waals surface area contributed by atoms with Crippen LogP contribution in [0.5, 0.6) is 0 Å². The molecule has 0 aliphatic carbocycles. The van der Waals surface area contributed by atoms with Gasteiger partial charge >= 0.3 is 39.5 Å². The highest BCUT2D eigenvalue weighted by atomic mass is 31.2. The van der Waals surface area contributed by atoms with Crippen LogP contribution < -0.4 is 0 Å². The number of esters is 4. The fourth-order valence-corrected chi connectivity index (χ4v) is 13.1. The number of aliphatic hydroxyl groups excluding tert-OH is 1. The van der Waals surface area contributed by atoms with Gasteiger partial charge in [-0.2, -0.15) is 0 Å². The number of ether oxygens (including phenoxy) is 4. The summed E-state index contributed by atoms with van der Waals surface area (Å²) in [4.78, 5) is 72.8. The number of aliphatic hydroxyl groups is 1. The Kier molecular flexibility index (Phi) is 64.0. The molecule has 0 fully saturated rings. The van der Waals surface area contributed by atoms with Gasteiger partial charge in [-0.1, -0.05) is 331 Å². The summed E-state index contributed by atoms with van der Waals surface area (Å²) in [7, 11) is -9.91. The van der Waals surface area contributed by atoms with E-state index < -0.39 is 97.5 Å². The van der Waals surface area contributed by atoms with Crippen molar-refractivity contribution in [1.82, 2.24) is 0 Å². The van der Waals surface area contributed by atoms with Gasteiger partial charge in [0, 0.05) is 25.7 Å². The molecule has 0 bridgehead atoms. The lowest BCUT2D eigenvalue weighted by Crippen LogP contribution is -2.30. The molecule has 0 radical (unpaired) electrons. The predicted octanol–water partition coefficient (Wildman–Crippen LogP) is 22.0. The maximum Gasteiger partial charge on any atom is 0.472 e. The summed E-state index contributed by atoms with van der Waals surface area (Å²) < 4.78 is 68.5. The fourth-order valence-electron chi connectivity index (χ4n) is 11.6. The van der Waals surface area contributed by atoms with Crippen molar-refractivity contribution in [2.24, 2.45) is 23.7 Å². The van der Waals surface area contributed by atoms with Crippen LogP contribution in [-0.4, -0.2) is 96.7 Å². The molecule has 0 aromatic heterocycles. The Bertz CT molecular complexity index is 1870. The smallest absolute Gasteiger partial charge is 0.462 e. The largest absolute Gasteiger partial charge is 0.472 e. The van der Waals surface area contributed by atoms with E-state index in [1.165, 1.54) is 180 Å². The van der Waals surface area contributed by atoms with Gasteiger partial charge in [0.2, 0.25) is 0 Å². The van der Waals surface area contributed by atoms with Crippen molar-refractivity contribution in [2.75, 3.05) is 39.6 Å². The Morgan fingerprint density at radius 3 is 0.653 bits per heavy atom. The first kappa shape index (κ1) is 93.1. The Hall–Kier alpha value is -1.94. The molecular formula is C76H148O17P2. The third-order valence-electron chi connectivity index (χ3n) is 17.6. The molecule has 0 aromatic carbocycles. The summed E-state index contributed by atoms with van der Waals surface area (Å²) in [5, 5.41) is 10.6. The van der Waals surface area contributed by atoms with Crippen LogP contribution in [0.4, 0.5) is 0 Å². The Balaban J connectivity index is 5.23. The van der Waals surface area contributed by atoms with E-state index in [2.05, 4.69) is 55.4 Å². The maximum atomic E-state index is 13.1. The number of carbonyl (C=O) groups is 4. The van der Waals surface area contributed by atoms with E-state index in [0.29, 0.717) is 31.6 Å². The molecule has 0 rings (SSSR count). The van der Waals surface area contributed by atoms with E-state index >= 15 is 0 Å². The molecule has 564 valence electrons. The lowest BCUT2D eigenvalue weighted by Gasteiger charge is -2.21. The second-order valence-electron chi connectivity index (χ2n) is 29.3. The lowest BCUT2D eigenvalue weighted by molar-refractivity contribution is -0.161. The van der Waals surface area contributed by atoms with Gasteiger partial charge in [-0.15, -0.1) is 0 Å². The van der Waals surface area contributed by atoms with Crippen molar-refractivity contribution in [2.45, 2.75) is 401 Å². The molecule has 17 nitrogen and oxygen atoms in total. The van der Waals surface area contributed by atoms with Gasteiger partial charge < -0.3 is 33.8 Å². The molecule has 0 heterocycles. The van der Waals surface area contributed by atoms with Gasteiger partial charge in [-0.25, -0.2) is 9.13 Å². The van der Waals surface area contributed by atoms with Crippen molar-refractivity contribution in [1.29, 1.82) is 0 Å². The highest BCUT2D eigenvalue weighted by molar-refractivity contribution is 7.47. The van der Waals surface area contributed by atoms with Crippen molar-refractivity contribution in [3.63, 3.8) is 0 Å². The first-order valence-corrected chi connectivity index (χ1v) is 42.2. The SMILES string of the molecule is CC(C)CCCCCCCCCCCCCCCCCCC(=O)O[C@H](COC(=O)CCCCCCCCCCCCC(C)C)COP(=O)(O)OC[C@@H](O)COP(=O)(O)OC[C@@H](COC(=O)CCCCCCCCC(C)C)OC(=O)CCCCCCCCCCCCCC(C)C. The standard InChI is InChI=1S/C76H148O17P2/c1-66(2)52-44-36-28-22-16-13-11-9-10-12-14-18-26-32-42-50-58-75(80)92-71(62-86-73(78)56-48-40-31-25-21-20-24-30-38-46-54-68(5)6)64-90-94(82,83)88-60-70(77)61-89-95(84,85)91-65-72(63-87-74(79)57-49-41-35-34-39-47-55-69(7)8)93-76(81)59-51-43-33-27-19-15-17-23-29-37-45-53-67(3)4/h66-72,77H,9-65H2,1-8H3,(H,82,83)(H,84,85)/t70-,71-,72-/m1/s1. The maximum absolute atomic E-state index is 13.1. The summed E-state index contributed by atoms with van der Waals surface area (Å²) in [5.74, 6) is 0.890. The average Bonchev–Trinajstić information content (AvgIpc) is 1.41. The number of phosphoric ester groups is 2. The third-order valence-corrected chi connectivity index (χ3v) is 19.5. The molecule has 0 amide bonds. The molecule has 3 N–H and O–H groups in total. The van der Waals surface area contributed by atoms with E-state index in [9.17, 15) is 43.2 Å². The highest BCUT2D eigenvalue weighted by Crippen LogP contribution is 2.45. The summed E-state index contributed by atoms with van der Waals surface area (Å²) in [5.41, 5.74) is 0. The molecule has 0 spiro atoms. The predicted molar refractivity (Wildman–Crippen MR) is 386 cm³/mol. The summed E-state index contributed by atoms with van der Waals surface area (Å²) in [6, 6.07) is 0. The second kappa shape index (κ2) is 65.4. The zero-order chi connectivity index (χ0) is 70.3. The highest BCUT2D eigenvalue weighted by Gasteiger charge is 2.30. The first-order valence-electron chi connectivity index (χ1n) is 39.2. The number of hydrogen-bond acceptors (Lipinski definition) is 15. The Morgan fingerprint density at radius 1 is 0.263 bits per heavy atom. The van der Waals surface area contributed by atoms with Crippen LogP contribution in [0.25, 0.3) is 0 Å². The quantitative estimate of drug-likeness (QED) is 0.0222. The number of unbranched alkanes of at least 4 members (excludes halogenated alkanes) is 39. The summed E-state index contributed by atoms with van der Waals surface area (Å²) in [6.07, 6.45) is 50.1. The van der Waals surface area contributed by atoms with Crippen LogP contribution in [-0.2, 0) is 65.4 Å². The number of phosphoric acid groups is 2. The van der Waals surface area contributed by atoms with Gasteiger partial charge in [0.15, 0.2) is 12.2 Å². The molecule has 19 heteroatoms. The van der Waals surface area contributed by atoms with E-state index in [1.54, 1.807) is 0 Å². The lowest BCUT2D eigenvalue weighted by atomic mass is 10.0. The molecule has 0 aliphatic heterocycles. The Labute approximate surface area is 581 Å². The van der Waals surface area contributed by atoms with Gasteiger partial charge in [0.1, 0.15) is 19.3 Å². The number of hydrogen-bond donors (Lipinski definition) is 3. The van der Waals surface area contributed by atoms with Crippen LogP contribution in [0.1, 0.15) is 383 Å². The van der Waals surface area contributed by atoms with Gasteiger partial charge in [0.05, 0.1) is 26.4 Å². The zero-order valence-electron chi connectivity index (χ0n) is 62.3. The molecule has 0 saturated heterocycles. The summed E-state index contributed by atoms with van der Waals surface area (Å²) in [6.45, 7) is 14.1. The molecule has 0 aromatic rings. The van der Waals surface area contributed by atoms with Crippen LogP contribution >= 0.6 is 15.6 Å². The molecule has 2 unspecified atom stereocenters. The minimum atomic E-state index is -4.96. The van der Waals surface area contributed by atoms with E-state index in [-0.39, 0.29) is 25.7 Å². The second-order valence-corrected chi connectivity index (χ2v) is 32.2. The topological polar surface area (TPSA) is 237 Å². The monoisotopic (exact) mass is 1400 g/mol. The number of rotatable bonds is 73. The number of carbonyl (C=O) groups excluding carboxylic acids is 4. The molecule has 0 aliphatic rings. The van der Waals surface area contributed by atoms with E-state index in [1.807, 2.05) is 0 Å². The minimum absolute atomic E-state index is 0.105. The average molecular weight is 1400 g/mol. The van der Waals surface area contributed by atoms with Gasteiger partial charge in [-0.3, -0.25) is 37.3 Å². The van der Waals surface area contributed by atoms with E-state index in [4.69, 9.17) is 37.0 Å². The van der Waals surface area contributed by atoms with Crippen molar-refractivity contribution in [3.05, 3.63) is 0 Å². The minimum Gasteiger partial charge on any atom is -0.462 e. The first-order chi connectivity index (χ1) is 45.6. The zero-order valence-corrected chi connectivity index (χ0v) is 64.1. The summed E-state index contributed by atoms with van der Waals surface area (Å²) >= 11 is 0.